The predicted molar refractivity (Wildman–Crippen MR) is 101 cm³/mol. The van der Waals surface area contributed by atoms with E-state index in [1.54, 1.807) is 18.1 Å². The minimum absolute atomic E-state index is 0.348. The van der Waals surface area contributed by atoms with Gasteiger partial charge in [-0.25, -0.2) is 0 Å². The van der Waals surface area contributed by atoms with Gasteiger partial charge in [-0.05, 0) is 57.8 Å². The number of rotatable bonds is 3. The minimum Gasteiger partial charge on any atom is -0.387 e. The summed E-state index contributed by atoms with van der Waals surface area (Å²) in [6.07, 6.45) is 6.41. The molecule has 2 heterocycles. The highest BCUT2D eigenvalue weighted by molar-refractivity contribution is 5.22. The van der Waals surface area contributed by atoms with Crippen LogP contribution in [0.1, 0.15) is 72.6 Å². The van der Waals surface area contributed by atoms with Gasteiger partial charge in [0, 0.05) is 26.1 Å². The minimum atomic E-state index is -1.02. The third-order valence-corrected chi connectivity index (χ3v) is 7.15. The Morgan fingerprint density at radius 3 is 2.44 bits per heavy atom. The molecule has 4 heteroatoms. The fourth-order valence-electron chi connectivity index (χ4n) is 5.31. The van der Waals surface area contributed by atoms with E-state index in [1.165, 1.54) is 19.3 Å². The number of piperidine rings is 1. The quantitative estimate of drug-likeness (QED) is 0.766. The summed E-state index contributed by atoms with van der Waals surface area (Å²) in [6.45, 7) is 12.4. The largest absolute Gasteiger partial charge is 0.387 e. The van der Waals surface area contributed by atoms with Crippen LogP contribution in [-0.2, 0) is 4.74 Å². The van der Waals surface area contributed by atoms with Crippen molar-refractivity contribution in [1.29, 1.82) is 0 Å². The highest BCUT2D eigenvalue weighted by Crippen LogP contribution is 2.43. The summed E-state index contributed by atoms with van der Waals surface area (Å²) in [6, 6.07) is 0. The number of allylic oxidation sites excluding steroid dienone is 1. The molecule has 0 aromatic heterocycles. The second-order valence-corrected chi connectivity index (χ2v) is 9.51. The molecular weight excluding hydrogens is 314 g/mol. The van der Waals surface area contributed by atoms with Crippen LogP contribution in [-0.4, -0.2) is 58.7 Å². The number of ether oxygens (including phenoxy) is 1. The topological polar surface area (TPSA) is 52.9 Å². The molecule has 144 valence electrons. The Balaban J connectivity index is 1.57. The lowest BCUT2D eigenvalue weighted by atomic mass is 9.71. The van der Waals surface area contributed by atoms with Gasteiger partial charge < -0.3 is 19.8 Å². The van der Waals surface area contributed by atoms with Crippen LogP contribution in [0, 0.1) is 5.41 Å². The van der Waals surface area contributed by atoms with Gasteiger partial charge in [0.2, 0.25) is 0 Å². The van der Waals surface area contributed by atoms with Crippen molar-refractivity contribution in [2.24, 2.45) is 5.41 Å². The lowest BCUT2D eigenvalue weighted by Crippen LogP contribution is -2.64. The number of aliphatic hydroxyl groups is 2. The van der Waals surface area contributed by atoms with Crippen molar-refractivity contribution in [3.63, 3.8) is 0 Å². The first kappa shape index (κ1) is 19.3. The van der Waals surface area contributed by atoms with Gasteiger partial charge in [0.1, 0.15) is 6.10 Å². The van der Waals surface area contributed by atoms with Crippen LogP contribution in [0.3, 0.4) is 0 Å². The second kappa shape index (κ2) is 6.95. The van der Waals surface area contributed by atoms with Crippen molar-refractivity contribution in [2.45, 2.75) is 89.9 Å². The maximum atomic E-state index is 10.6. The number of aliphatic hydroxyl groups excluding tert-OH is 1. The second-order valence-electron chi connectivity index (χ2n) is 9.51. The van der Waals surface area contributed by atoms with Crippen LogP contribution >= 0.6 is 0 Å². The van der Waals surface area contributed by atoms with Gasteiger partial charge in [0.15, 0.2) is 0 Å². The smallest absolute Gasteiger partial charge is 0.111 e. The zero-order valence-corrected chi connectivity index (χ0v) is 16.6. The molecule has 1 spiro atoms. The van der Waals surface area contributed by atoms with Crippen LogP contribution in [0.15, 0.2) is 11.1 Å². The Kier molecular flexibility index (Phi) is 5.38. The Labute approximate surface area is 153 Å². The summed E-state index contributed by atoms with van der Waals surface area (Å²) < 4.78 is 6.00. The SMILES string of the molecule is CC1=C(CCN2CCC3(CC2)OCC[C@@](C)(O)[C@@H]3O)C(C)(C)CCC1. The average molecular weight is 352 g/mol. The first-order valence-electron chi connectivity index (χ1n) is 10.1. The average Bonchev–Trinajstić information content (AvgIpc) is 2.53. The summed E-state index contributed by atoms with van der Waals surface area (Å²) in [5, 5.41) is 21.1. The third-order valence-electron chi connectivity index (χ3n) is 7.15. The molecule has 2 fully saturated rings. The molecule has 0 unspecified atom stereocenters. The summed E-state index contributed by atoms with van der Waals surface area (Å²) in [5.74, 6) is 0. The van der Waals surface area contributed by atoms with Crippen LogP contribution < -0.4 is 0 Å². The monoisotopic (exact) mass is 351 g/mol. The van der Waals surface area contributed by atoms with Crippen molar-refractivity contribution in [3.8, 4) is 0 Å². The number of hydrogen-bond donors (Lipinski definition) is 2. The van der Waals surface area contributed by atoms with Crippen molar-refractivity contribution in [2.75, 3.05) is 26.2 Å². The molecule has 1 aliphatic carbocycles. The van der Waals surface area contributed by atoms with Crippen molar-refractivity contribution in [3.05, 3.63) is 11.1 Å². The lowest BCUT2D eigenvalue weighted by Gasteiger charge is -2.51. The summed E-state index contributed by atoms with van der Waals surface area (Å²) in [4.78, 5) is 2.51. The molecule has 25 heavy (non-hydrogen) atoms. The maximum absolute atomic E-state index is 10.6. The molecule has 2 aliphatic heterocycles. The zero-order valence-electron chi connectivity index (χ0n) is 16.6. The van der Waals surface area contributed by atoms with Gasteiger partial charge in [0.05, 0.1) is 17.8 Å². The maximum Gasteiger partial charge on any atom is 0.111 e. The van der Waals surface area contributed by atoms with Crippen LogP contribution in [0.25, 0.3) is 0 Å². The van der Waals surface area contributed by atoms with E-state index < -0.39 is 17.3 Å². The Bertz CT molecular complexity index is 515. The van der Waals surface area contributed by atoms with Crippen LogP contribution in [0.5, 0.6) is 0 Å². The molecule has 2 N–H and O–H groups in total. The lowest BCUT2D eigenvalue weighted by molar-refractivity contribution is -0.246. The van der Waals surface area contributed by atoms with Gasteiger partial charge in [-0.1, -0.05) is 25.0 Å². The van der Waals surface area contributed by atoms with E-state index >= 15 is 0 Å². The van der Waals surface area contributed by atoms with Gasteiger partial charge in [-0.2, -0.15) is 0 Å². The zero-order chi connectivity index (χ0) is 18.3. The molecule has 0 bridgehead atoms. The molecular formula is C21H37NO3. The molecule has 0 aromatic rings. The van der Waals surface area contributed by atoms with Crippen LogP contribution in [0.2, 0.25) is 0 Å². The molecule has 0 aromatic carbocycles. The normalized spacial score (nSPS) is 36.0. The van der Waals surface area contributed by atoms with E-state index in [0.717, 1.165) is 38.9 Å². The molecule has 0 radical (unpaired) electrons. The molecule has 3 rings (SSSR count). The number of likely N-dealkylation sites (tertiary alicyclic amines) is 1. The summed E-state index contributed by atoms with van der Waals surface area (Å²) in [5.41, 5.74) is 2.05. The molecule has 0 amide bonds. The van der Waals surface area contributed by atoms with E-state index in [-0.39, 0.29) is 0 Å². The Morgan fingerprint density at radius 2 is 1.80 bits per heavy atom. The van der Waals surface area contributed by atoms with Gasteiger partial charge >= 0.3 is 0 Å². The number of hydrogen-bond acceptors (Lipinski definition) is 4. The fourth-order valence-corrected chi connectivity index (χ4v) is 5.31. The van der Waals surface area contributed by atoms with Crippen molar-refractivity contribution >= 4 is 0 Å². The Hall–Kier alpha value is -0.420. The summed E-state index contributed by atoms with van der Waals surface area (Å²) >= 11 is 0. The molecule has 2 saturated heterocycles. The van der Waals surface area contributed by atoms with E-state index in [0.29, 0.717) is 18.4 Å². The highest BCUT2D eigenvalue weighted by atomic mass is 16.5. The molecule has 2 atom stereocenters. The third kappa shape index (κ3) is 3.83. The highest BCUT2D eigenvalue weighted by Gasteiger charge is 2.52. The Morgan fingerprint density at radius 1 is 1.12 bits per heavy atom. The summed E-state index contributed by atoms with van der Waals surface area (Å²) in [7, 11) is 0. The van der Waals surface area contributed by atoms with Crippen molar-refractivity contribution in [1.82, 2.24) is 4.90 Å². The van der Waals surface area contributed by atoms with Gasteiger partial charge in [-0.15, -0.1) is 0 Å². The molecule has 4 nitrogen and oxygen atoms in total. The van der Waals surface area contributed by atoms with E-state index in [4.69, 9.17) is 4.74 Å². The fraction of sp³-hybridized carbons (Fsp3) is 0.905. The van der Waals surface area contributed by atoms with Gasteiger partial charge in [-0.3, -0.25) is 0 Å². The first-order chi connectivity index (χ1) is 11.7. The number of nitrogens with zero attached hydrogens (tertiary/aromatic N) is 1. The standard InChI is InChI=1S/C21H37NO3/c1-16-6-5-8-19(2,3)17(16)7-12-22-13-9-21(10-14-22)18(23)20(4,24)11-15-25-21/h18,23-24H,5-15H2,1-4H3/t18-,20+/m0/s1. The predicted octanol–water partition coefficient (Wildman–Crippen LogP) is 3.27. The van der Waals surface area contributed by atoms with Gasteiger partial charge in [0.25, 0.3) is 0 Å². The van der Waals surface area contributed by atoms with Crippen LogP contribution in [0.4, 0.5) is 0 Å². The molecule has 3 aliphatic rings. The first-order valence-corrected chi connectivity index (χ1v) is 10.1. The van der Waals surface area contributed by atoms with E-state index in [9.17, 15) is 10.2 Å². The van der Waals surface area contributed by atoms with Crippen molar-refractivity contribution < 1.29 is 14.9 Å². The van der Waals surface area contributed by atoms with E-state index in [1.807, 2.05) is 0 Å². The molecule has 0 saturated carbocycles. The van der Waals surface area contributed by atoms with E-state index in [2.05, 4.69) is 25.7 Å².